The van der Waals surface area contributed by atoms with Crippen LogP contribution in [0.25, 0.3) is 0 Å². The van der Waals surface area contributed by atoms with Crippen LogP contribution in [0.15, 0.2) is 24.3 Å². The zero-order valence-electron chi connectivity index (χ0n) is 12.0. The van der Waals surface area contributed by atoms with Crippen molar-refractivity contribution >= 4 is 0 Å². The van der Waals surface area contributed by atoms with Gasteiger partial charge in [-0.2, -0.15) is 0 Å². The van der Waals surface area contributed by atoms with Crippen molar-refractivity contribution in [2.24, 2.45) is 0 Å². The molecule has 0 bridgehead atoms. The highest BCUT2D eigenvalue weighted by Gasteiger charge is 2.24. The van der Waals surface area contributed by atoms with Gasteiger partial charge in [0.05, 0.1) is 6.61 Å². The van der Waals surface area contributed by atoms with Crippen LogP contribution >= 0.6 is 0 Å². The molecule has 0 amide bonds. The van der Waals surface area contributed by atoms with Crippen LogP contribution in [0.5, 0.6) is 11.5 Å². The second kappa shape index (κ2) is 7.27. The van der Waals surface area contributed by atoms with E-state index in [1.165, 1.54) is 0 Å². The standard InChI is InChI=1S/C15H25NO2/c1-5-15(4,12-16-6-2)18-14-11-9-8-10-13(14)17-7-3/h8-11,16H,5-7,12H2,1-4H3. The molecule has 0 heterocycles. The molecule has 0 radical (unpaired) electrons. The van der Waals surface area contributed by atoms with Gasteiger partial charge in [-0.3, -0.25) is 0 Å². The van der Waals surface area contributed by atoms with Gasteiger partial charge in [-0.05, 0) is 38.9 Å². The maximum atomic E-state index is 6.15. The van der Waals surface area contributed by atoms with Crippen LogP contribution in [0.3, 0.4) is 0 Å². The van der Waals surface area contributed by atoms with Gasteiger partial charge in [0.2, 0.25) is 0 Å². The second-order valence-corrected chi connectivity index (χ2v) is 4.57. The van der Waals surface area contributed by atoms with E-state index < -0.39 is 0 Å². The van der Waals surface area contributed by atoms with Gasteiger partial charge in [-0.25, -0.2) is 0 Å². The fraction of sp³-hybridized carbons (Fsp3) is 0.600. The van der Waals surface area contributed by atoms with Crippen molar-refractivity contribution < 1.29 is 9.47 Å². The Labute approximate surface area is 110 Å². The lowest BCUT2D eigenvalue weighted by molar-refractivity contribution is 0.0796. The second-order valence-electron chi connectivity index (χ2n) is 4.57. The van der Waals surface area contributed by atoms with Crippen LogP contribution in [-0.2, 0) is 0 Å². The first-order valence-corrected chi connectivity index (χ1v) is 6.76. The minimum absolute atomic E-state index is 0.205. The van der Waals surface area contributed by atoms with Crippen molar-refractivity contribution in [2.75, 3.05) is 19.7 Å². The molecule has 3 nitrogen and oxygen atoms in total. The minimum Gasteiger partial charge on any atom is -0.490 e. The van der Waals surface area contributed by atoms with E-state index in [9.17, 15) is 0 Å². The summed E-state index contributed by atoms with van der Waals surface area (Å²) in [5.74, 6) is 1.64. The summed E-state index contributed by atoms with van der Waals surface area (Å²) in [5, 5.41) is 3.35. The summed E-state index contributed by atoms with van der Waals surface area (Å²) in [6.45, 7) is 10.8. The van der Waals surface area contributed by atoms with Gasteiger partial charge in [-0.1, -0.05) is 26.0 Å². The quantitative estimate of drug-likeness (QED) is 0.769. The smallest absolute Gasteiger partial charge is 0.162 e. The molecule has 18 heavy (non-hydrogen) atoms. The number of hydrogen-bond acceptors (Lipinski definition) is 3. The predicted octanol–water partition coefficient (Wildman–Crippen LogP) is 3.24. The predicted molar refractivity (Wildman–Crippen MR) is 75.5 cm³/mol. The van der Waals surface area contributed by atoms with Crippen molar-refractivity contribution in [1.29, 1.82) is 0 Å². The van der Waals surface area contributed by atoms with Crippen LogP contribution in [-0.4, -0.2) is 25.3 Å². The van der Waals surface area contributed by atoms with Crippen molar-refractivity contribution in [1.82, 2.24) is 5.32 Å². The number of rotatable bonds is 8. The van der Waals surface area contributed by atoms with Gasteiger partial charge in [0.1, 0.15) is 5.60 Å². The van der Waals surface area contributed by atoms with Gasteiger partial charge < -0.3 is 14.8 Å². The molecule has 0 spiro atoms. The lowest BCUT2D eigenvalue weighted by atomic mass is 10.0. The topological polar surface area (TPSA) is 30.5 Å². The molecule has 1 rings (SSSR count). The van der Waals surface area contributed by atoms with Crippen LogP contribution in [0.1, 0.15) is 34.1 Å². The summed E-state index contributed by atoms with van der Waals surface area (Å²) < 4.78 is 11.7. The number of para-hydroxylation sites is 2. The normalized spacial score (nSPS) is 14.0. The summed E-state index contributed by atoms with van der Waals surface area (Å²) in [7, 11) is 0. The molecule has 0 saturated heterocycles. The number of ether oxygens (including phenoxy) is 2. The molecule has 0 aliphatic heterocycles. The first-order valence-electron chi connectivity index (χ1n) is 6.76. The average molecular weight is 251 g/mol. The number of benzene rings is 1. The van der Waals surface area contributed by atoms with Crippen molar-refractivity contribution in [3.05, 3.63) is 24.3 Å². The Balaban J connectivity index is 2.80. The van der Waals surface area contributed by atoms with E-state index in [0.29, 0.717) is 6.61 Å². The molecular weight excluding hydrogens is 226 g/mol. The van der Waals surface area contributed by atoms with Gasteiger partial charge in [0.15, 0.2) is 11.5 Å². The fourth-order valence-corrected chi connectivity index (χ4v) is 1.70. The number of hydrogen-bond donors (Lipinski definition) is 1. The first-order chi connectivity index (χ1) is 8.65. The van der Waals surface area contributed by atoms with Gasteiger partial charge in [-0.15, -0.1) is 0 Å². The molecule has 0 aliphatic rings. The Morgan fingerprint density at radius 3 is 2.33 bits per heavy atom. The van der Waals surface area contributed by atoms with Crippen LogP contribution in [0.4, 0.5) is 0 Å². The van der Waals surface area contributed by atoms with Gasteiger partial charge >= 0.3 is 0 Å². The molecule has 102 valence electrons. The third kappa shape index (κ3) is 4.22. The monoisotopic (exact) mass is 251 g/mol. The number of nitrogens with one attached hydrogen (secondary N) is 1. The van der Waals surface area contributed by atoms with E-state index in [1.807, 2.05) is 31.2 Å². The van der Waals surface area contributed by atoms with Gasteiger partial charge in [0.25, 0.3) is 0 Å². The zero-order valence-corrected chi connectivity index (χ0v) is 12.0. The van der Waals surface area contributed by atoms with Crippen LogP contribution in [0.2, 0.25) is 0 Å². The lowest BCUT2D eigenvalue weighted by Gasteiger charge is -2.30. The molecule has 1 unspecified atom stereocenters. The summed E-state index contributed by atoms with van der Waals surface area (Å²) in [5.41, 5.74) is -0.205. The van der Waals surface area contributed by atoms with E-state index in [-0.39, 0.29) is 5.60 Å². The lowest BCUT2D eigenvalue weighted by Crippen LogP contribution is -2.42. The van der Waals surface area contributed by atoms with Crippen molar-refractivity contribution in [3.8, 4) is 11.5 Å². The minimum atomic E-state index is -0.205. The third-order valence-electron chi connectivity index (χ3n) is 3.00. The van der Waals surface area contributed by atoms with Crippen LogP contribution < -0.4 is 14.8 Å². The highest BCUT2D eigenvalue weighted by atomic mass is 16.5. The van der Waals surface area contributed by atoms with E-state index in [1.54, 1.807) is 0 Å². The molecular formula is C15H25NO2. The fourth-order valence-electron chi connectivity index (χ4n) is 1.70. The summed E-state index contributed by atoms with van der Waals surface area (Å²) in [6.07, 6.45) is 0.945. The Bertz CT molecular complexity index is 354. The molecule has 1 atom stereocenters. The first kappa shape index (κ1) is 14.8. The maximum absolute atomic E-state index is 6.15. The van der Waals surface area contributed by atoms with E-state index in [0.717, 1.165) is 31.0 Å². The summed E-state index contributed by atoms with van der Waals surface area (Å²) in [4.78, 5) is 0. The van der Waals surface area contributed by atoms with E-state index in [4.69, 9.17) is 9.47 Å². The highest BCUT2D eigenvalue weighted by Crippen LogP contribution is 2.30. The molecule has 0 fully saturated rings. The Hall–Kier alpha value is -1.22. The number of likely N-dealkylation sites (N-methyl/N-ethyl adjacent to an activating group) is 1. The summed E-state index contributed by atoms with van der Waals surface area (Å²) >= 11 is 0. The Morgan fingerprint density at radius 2 is 1.78 bits per heavy atom. The van der Waals surface area contributed by atoms with Crippen LogP contribution in [0, 0.1) is 0 Å². The Morgan fingerprint density at radius 1 is 1.11 bits per heavy atom. The maximum Gasteiger partial charge on any atom is 0.162 e. The molecule has 3 heteroatoms. The van der Waals surface area contributed by atoms with E-state index >= 15 is 0 Å². The molecule has 1 aromatic rings. The van der Waals surface area contributed by atoms with Crippen molar-refractivity contribution in [3.63, 3.8) is 0 Å². The molecule has 0 aromatic heterocycles. The average Bonchev–Trinajstić information content (AvgIpc) is 2.39. The van der Waals surface area contributed by atoms with Crippen molar-refractivity contribution in [2.45, 2.75) is 39.7 Å². The third-order valence-corrected chi connectivity index (χ3v) is 3.00. The van der Waals surface area contributed by atoms with Gasteiger partial charge in [0, 0.05) is 6.54 Å². The molecule has 0 saturated carbocycles. The highest BCUT2D eigenvalue weighted by molar-refractivity contribution is 5.39. The SMILES string of the molecule is CCNCC(C)(CC)Oc1ccccc1OCC. The largest absolute Gasteiger partial charge is 0.490 e. The molecule has 1 N–H and O–H groups in total. The van der Waals surface area contributed by atoms with E-state index in [2.05, 4.69) is 26.1 Å². The zero-order chi connectivity index (χ0) is 13.4. The molecule has 0 aliphatic carbocycles. The molecule has 1 aromatic carbocycles. The Kier molecular flexibility index (Phi) is 5.99. The summed E-state index contributed by atoms with van der Waals surface area (Å²) in [6, 6.07) is 7.85.